The summed E-state index contributed by atoms with van der Waals surface area (Å²) in [6.07, 6.45) is 6.62. The molecule has 0 fully saturated rings. The lowest BCUT2D eigenvalue weighted by atomic mass is 10.1. The van der Waals surface area contributed by atoms with Crippen LogP contribution < -0.4 is 0 Å². The van der Waals surface area contributed by atoms with Crippen molar-refractivity contribution in [2.45, 2.75) is 0 Å². The Morgan fingerprint density at radius 1 is 1.00 bits per heavy atom. The first kappa shape index (κ1) is 12.0. The van der Waals surface area contributed by atoms with Crippen LogP contribution in [-0.4, -0.2) is 19.9 Å². The standard InChI is InChI=1S/C13H8N4O3/c18-17(19)12-2-1-11(20-12)13-15-7-10(8-16-13)9-3-5-14-6-4-9/h1-8H. The average Bonchev–Trinajstić information content (AvgIpc) is 2.98. The van der Waals surface area contributed by atoms with Crippen LogP contribution in [-0.2, 0) is 0 Å². The summed E-state index contributed by atoms with van der Waals surface area (Å²) < 4.78 is 5.04. The highest BCUT2D eigenvalue weighted by Gasteiger charge is 2.14. The van der Waals surface area contributed by atoms with Crippen LogP contribution in [0.3, 0.4) is 0 Å². The zero-order valence-corrected chi connectivity index (χ0v) is 10.1. The minimum absolute atomic E-state index is 0.262. The predicted octanol–water partition coefficient (Wildman–Crippen LogP) is 2.71. The van der Waals surface area contributed by atoms with Gasteiger partial charge in [-0.25, -0.2) is 9.97 Å². The fraction of sp³-hybridized carbons (Fsp3) is 0. The van der Waals surface area contributed by atoms with Crippen molar-refractivity contribution in [1.29, 1.82) is 0 Å². The molecule has 0 aromatic carbocycles. The van der Waals surface area contributed by atoms with Crippen LogP contribution in [0.4, 0.5) is 5.88 Å². The number of furan rings is 1. The molecule has 7 heteroatoms. The van der Waals surface area contributed by atoms with Gasteiger partial charge in [-0.1, -0.05) is 0 Å². The van der Waals surface area contributed by atoms with E-state index in [4.69, 9.17) is 4.42 Å². The maximum absolute atomic E-state index is 10.5. The first-order valence-electron chi connectivity index (χ1n) is 5.71. The van der Waals surface area contributed by atoms with Gasteiger partial charge in [0.15, 0.2) is 11.6 Å². The largest absolute Gasteiger partial charge is 0.433 e. The lowest BCUT2D eigenvalue weighted by molar-refractivity contribution is -0.401. The quantitative estimate of drug-likeness (QED) is 0.535. The topological polar surface area (TPSA) is 95.0 Å². The Morgan fingerprint density at radius 2 is 1.70 bits per heavy atom. The Kier molecular flexibility index (Phi) is 2.92. The van der Waals surface area contributed by atoms with Gasteiger partial charge in [0.2, 0.25) is 0 Å². The van der Waals surface area contributed by atoms with E-state index in [1.165, 1.54) is 12.1 Å². The Hall–Kier alpha value is -3.09. The molecule has 3 rings (SSSR count). The van der Waals surface area contributed by atoms with Crippen LogP contribution in [0.5, 0.6) is 0 Å². The fourth-order valence-corrected chi connectivity index (χ4v) is 1.69. The second-order valence-electron chi connectivity index (χ2n) is 3.93. The highest BCUT2D eigenvalue weighted by Crippen LogP contribution is 2.24. The molecule has 0 saturated carbocycles. The second kappa shape index (κ2) is 4.88. The maximum atomic E-state index is 10.5. The molecule has 0 amide bonds. The number of hydrogen-bond donors (Lipinski definition) is 0. The molecule has 0 aliphatic rings. The molecule has 20 heavy (non-hydrogen) atoms. The van der Waals surface area contributed by atoms with Crippen LogP contribution in [0.25, 0.3) is 22.7 Å². The molecule has 0 bridgehead atoms. The van der Waals surface area contributed by atoms with Crippen LogP contribution in [0.2, 0.25) is 0 Å². The third-order valence-electron chi connectivity index (χ3n) is 2.66. The lowest BCUT2D eigenvalue weighted by Crippen LogP contribution is -1.89. The van der Waals surface area contributed by atoms with Crippen molar-refractivity contribution in [2.75, 3.05) is 0 Å². The van der Waals surface area contributed by atoms with Crippen LogP contribution >= 0.6 is 0 Å². The van der Waals surface area contributed by atoms with Gasteiger partial charge >= 0.3 is 5.88 Å². The molecule has 3 heterocycles. The molecule has 0 saturated heterocycles. The Bertz CT molecular complexity index is 738. The SMILES string of the molecule is O=[N+]([O-])c1ccc(-c2ncc(-c3ccncc3)cn2)o1. The minimum atomic E-state index is -0.602. The van der Waals surface area contributed by atoms with E-state index in [2.05, 4.69) is 15.0 Å². The number of aromatic nitrogens is 3. The summed E-state index contributed by atoms with van der Waals surface area (Å²) in [5, 5.41) is 10.5. The first-order chi connectivity index (χ1) is 9.74. The maximum Gasteiger partial charge on any atom is 0.433 e. The summed E-state index contributed by atoms with van der Waals surface area (Å²) in [5.74, 6) is 0.232. The van der Waals surface area contributed by atoms with Crippen molar-refractivity contribution in [3.8, 4) is 22.7 Å². The highest BCUT2D eigenvalue weighted by atomic mass is 16.6. The van der Waals surface area contributed by atoms with E-state index in [0.29, 0.717) is 5.82 Å². The monoisotopic (exact) mass is 268 g/mol. The summed E-state index contributed by atoms with van der Waals surface area (Å²) >= 11 is 0. The molecule has 7 nitrogen and oxygen atoms in total. The van der Waals surface area contributed by atoms with Crippen molar-refractivity contribution in [3.63, 3.8) is 0 Å². The van der Waals surface area contributed by atoms with E-state index in [1.807, 2.05) is 12.1 Å². The number of nitro groups is 1. The molecule has 0 atom stereocenters. The van der Waals surface area contributed by atoms with Gasteiger partial charge in [0.05, 0.1) is 6.07 Å². The van der Waals surface area contributed by atoms with Crippen molar-refractivity contribution in [3.05, 3.63) is 59.2 Å². The third kappa shape index (κ3) is 2.24. The smallest absolute Gasteiger partial charge is 0.397 e. The third-order valence-corrected chi connectivity index (χ3v) is 2.66. The van der Waals surface area contributed by atoms with Crippen molar-refractivity contribution >= 4 is 5.88 Å². The second-order valence-corrected chi connectivity index (χ2v) is 3.93. The van der Waals surface area contributed by atoms with Crippen molar-refractivity contribution in [1.82, 2.24) is 15.0 Å². The molecular weight excluding hydrogens is 260 g/mol. The van der Waals surface area contributed by atoms with Crippen LogP contribution in [0.15, 0.2) is 53.5 Å². The zero-order valence-electron chi connectivity index (χ0n) is 10.1. The lowest BCUT2D eigenvalue weighted by Gasteiger charge is -2.00. The molecule has 3 aromatic heterocycles. The summed E-state index contributed by atoms with van der Waals surface area (Å²) in [6.45, 7) is 0. The molecule has 0 aliphatic carbocycles. The van der Waals surface area contributed by atoms with E-state index in [0.717, 1.165) is 11.1 Å². The van der Waals surface area contributed by atoms with Crippen molar-refractivity contribution in [2.24, 2.45) is 0 Å². The highest BCUT2D eigenvalue weighted by molar-refractivity contribution is 5.62. The van der Waals surface area contributed by atoms with E-state index in [9.17, 15) is 10.1 Å². The zero-order chi connectivity index (χ0) is 13.9. The number of rotatable bonds is 3. The van der Waals surface area contributed by atoms with Crippen LogP contribution in [0.1, 0.15) is 0 Å². The minimum Gasteiger partial charge on any atom is -0.397 e. The Labute approximate surface area is 113 Å². The van der Waals surface area contributed by atoms with Gasteiger partial charge in [0, 0.05) is 30.4 Å². The van der Waals surface area contributed by atoms with E-state index in [-0.39, 0.29) is 11.6 Å². The van der Waals surface area contributed by atoms with E-state index in [1.54, 1.807) is 24.8 Å². The van der Waals surface area contributed by atoms with Gasteiger partial charge in [-0.3, -0.25) is 15.1 Å². The normalized spacial score (nSPS) is 10.4. The number of pyridine rings is 1. The molecule has 0 unspecified atom stereocenters. The van der Waals surface area contributed by atoms with Crippen LogP contribution in [0, 0.1) is 10.1 Å². The van der Waals surface area contributed by atoms with Gasteiger partial charge in [-0.15, -0.1) is 0 Å². The molecular formula is C13H8N4O3. The van der Waals surface area contributed by atoms with Gasteiger partial charge < -0.3 is 4.42 Å². The molecule has 0 radical (unpaired) electrons. The van der Waals surface area contributed by atoms with Gasteiger partial charge in [0.1, 0.15) is 4.92 Å². The fourth-order valence-electron chi connectivity index (χ4n) is 1.69. The van der Waals surface area contributed by atoms with Gasteiger partial charge in [-0.05, 0) is 23.8 Å². The van der Waals surface area contributed by atoms with E-state index >= 15 is 0 Å². The molecule has 0 N–H and O–H groups in total. The molecule has 98 valence electrons. The van der Waals surface area contributed by atoms with E-state index < -0.39 is 4.92 Å². The molecule has 0 spiro atoms. The number of nitrogens with zero attached hydrogens (tertiary/aromatic N) is 4. The summed E-state index contributed by atoms with van der Waals surface area (Å²) in [4.78, 5) is 22.2. The number of hydrogen-bond acceptors (Lipinski definition) is 6. The summed E-state index contributed by atoms with van der Waals surface area (Å²) in [6, 6.07) is 6.43. The Morgan fingerprint density at radius 3 is 2.30 bits per heavy atom. The Balaban J connectivity index is 1.91. The van der Waals surface area contributed by atoms with Gasteiger partial charge in [0.25, 0.3) is 0 Å². The first-order valence-corrected chi connectivity index (χ1v) is 5.71. The summed E-state index contributed by atoms with van der Waals surface area (Å²) in [7, 11) is 0. The average molecular weight is 268 g/mol. The molecule has 0 aliphatic heterocycles. The predicted molar refractivity (Wildman–Crippen MR) is 69.6 cm³/mol. The van der Waals surface area contributed by atoms with Crippen molar-refractivity contribution < 1.29 is 9.34 Å². The molecule has 3 aromatic rings. The summed E-state index contributed by atoms with van der Waals surface area (Å²) in [5.41, 5.74) is 1.77. The van der Waals surface area contributed by atoms with Gasteiger partial charge in [-0.2, -0.15) is 0 Å².